The van der Waals surface area contributed by atoms with Crippen LogP contribution >= 0.6 is 0 Å². The minimum Gasteiger partial charge on any atom is -0.311 e. The number of benzene rings is 8. The van der Waals surface area contributed by atoms with Gasteiger partial charge in [-0.2, -0.15) is 0 Å². The van der Waals surface area contributed by atoms with E-state index in [4.69, 9.17) is 0 Å². The number of nitrogens with zero attached hydrogens (tertiary/aromatic N) is 2. The Kier molecular flexibility index (Phi) is 9.68. The number of fused-ring (bicyclic) bond motifs is 1. The van der Waals surface area contributed by atoms with Crippen molar-refractivity contribution in [3.8, 4) is 0 Å². The Labute approximate surface area is 313 Å². The number of rotatable bonds is 10. The number of hydrogen-bond donors (Lipinski definition) is 0. The molecule has 8 aromatic carbocycles. The van der Waals surface area contributed by atoms with Crippen LogP contribution in [-0.4, -0.2) is 0 Å². The SMILES string of the molecule is CC(C)c1ccc(C(=Cc2ccc(N(c3ccccc3)c3ccccc3)cc2)c2ccc3cc(N(c4ccccc4)c4ccccc4)ccc3c2)cc1. The van der Waals surface area contributed by atoms with E-state index in [0.29, 0.717) is 5.92 Å². The zero-order chi connectivity index (χ0) is 36.0. The number of hydrogen-bond acceptors (Lipinski definition) is 2. The van der Waals surface area contributed by atoms with Gasteiger partial charge in [0.05, 0.1) is 0 Å². The van der Waals surface area contributed by atoms with Crippen molar-refractivity contribution in [2.75, 3.05) is 9.80 Å². The van der Waals surface area contributed by atoms with Gasteiger partial charge in [-0.3, -0.25) is 0 Å². The highest BCUT2D eigenvalue weighted by Crippen LogP contribution is 2.38. The third kappa shape index (κ3) is 7.40. The van der Waals surface area contributed by atoms with Crippen molar-refractivity contribution < 1.29 is 0 Å². The maximum absolute atomic E-state index is 2.33. The summed E-state index contributed by atoms with van der Waals surface area (Å²) in [6.45, 7) is 4.49. The average Bonchev–Trinajstić information content (AvgIpc) is 3.22. The molecule has 2 nitrogen and oxygen atoms in total. The molecule has 0 aliphatic rings. The molecular formula is C51H42N2. The third-order valence-corrected chi connectivity index (χ3v) is 9.80. The molecule has 53 heavy (non-hydrogen) atoms. The molecule has 0 fully saturated rings. The largest absolute Gasteiger partial charge is 0.311 e. The van der Waals surface area contributed by atoms with Crippen molar-refractivity contribution in [2.45, 2.75) is 19.8 Å². The minimum atomic E-state index is 0.474. The van der Waals surface area contributed by atoms with Crippen LogP contribution in [0.25, 0.3) is 22.4 Å². The lowest BCUT2D eigenvalue weighted by Crippen LogP contribution is -2.09. The number of para-hydroxylation sites is 4. The molecule has 8 rings (SSSR count). The van der Waals surface area contributed by atoms with Crippen LogP contribution in [0.15, 0.2) is 206 Å². The molecule has 0 aromatic heterocycles. The predicted octanol–water partition coefficient (Wildman–Crippen LogP) is 14.5. The van der Waals surface area contributed by atoms with Crippen LogP contribution in [0.2, 0.25) is 0 Å². The maximum atomic E-state index is 2.33. The van der Waals surface area contributed by atoms with Gasteiger partial charge in [-0.25, -0.2) is 0 Å². The lowest BCUT2D eigenvalue weighted by molar-refractivity contribution is 0.866. The molecule has 0 N–H and O–H groups in total. The molecule has 0 aliphatic heterocycles. The molecule has 0 spiro atoms. The standard InChI is InChI=1S/C51H42N2/c1-38(2)40-25-27-41(28-26-40)51(35-39-23-32-49(33-24-39)52(45-15-7-3-8-16-45)46-17-9-4-10-18-46)44-30-29-43-37-50(34-31-42(43)36-44)53(47-19-11-5-12-20-47)48-21-13-6-14-22-48/h3-38H,1-2H3. The van der Waals surface area contributed by atoms with Gasteiger partial charge in [-0.05, 0) is 129 Å². The quantitative estimate of drug-likeness (QED) is 0.133. The second-order valence-electron chi connectivity index (χ2n) is 13.7. The lowest BCUT2D eigenvalue weighted by atomic mass is 9.92. The van der Waals surface area contributed by atoms with Gasteiger partial charge in [-0.1, -0.05) is 141 Å². The molecule has 0 saturated heterocycles. The van der Waals surface area contributed by atoms with Crippen molar-refractivity contribution >= 4 is 56.5 Å². The van der Waals surface area contributed by atoms with Crippen molar-refractivity contribution in [1.82, 2.24) is 0 Å². The Balaban J connectivity index is 1.18. The van der Waals surface area contributed by atoms with E-state index in [0.717, 1.165) is 39.7 Å². The smallest absolute Gasteiger partial charge is 0.0468 e. The van der Waals surface area contributed by atoms with Gasteiger partial charge in [0.1, 0.15) is 0 Å². The van der Waals surface area contributed by atoms with Gasteiger partial charge in [0, 0.05) is 34.1 Å². The first-order chi connectivity index (χ1) is 26.1. The molecular weight excluding hydrogens is 641 g/mol. The summed E-state index contributed by atoms with van der Waals surface area (Å²) in [6.07, 6.45) is 2.33. The van der Waals surface area contributed by atoms with Gasteiger partial charge < -0.3 is 9.80 Å². The second-order valence-corrected chi connectivity index (χ2v) is 13.7. The van der Waals surface area contributed by atoms with Gasteiger partial charge in [0.15, 0.2) is 0 Å². The van der Waals surface area contributed by atoms with E-state index in [1.807, 2.05) is 0 Å². The van der Waals surface area contributed by atoms with Gasteiger partial charge in [0.2, 0.25) is 0 Å². The zero-order valence-electron chi connectivity index (χ0n) is 30.2. The van der Waals surface area contributed by atoms with E-state index in [2.05, 4.69) is 236 Å². The van der Waals surface area contributed by atoms with Crippen molar-refractivity contribution in [1.29, 1.82) is 0 Å². The van der Waals surface area contributed by atoms with Crippen LogP contribution in [0, 0.1) is 0 Å². The summed E-state index contributed by atoms with van der Waals surface area (Å²) < 4.78 is 0. The summed E-state index contributed by atoms with van der Waals surface area (Å²) in [6, 6.07) is 73.9. The third-order valence-electron chi connectivity index (χ3n) is 9.80. The highest BCUT2D eigenvalue weighted by molar-refractivity contribution is 5.97. The van der Waals surface area contributed by atoms with Crippen LogP contribution in [0.3, 0.4) is 0 Å². The lowest BCUT2D eigenvalue weighted by Gasteiger charge is -2.25. The van der Waals surface area contributed by atoms with E-state index in [1.165, 1.54) is 33.0 Å². The fraction of sp³-hybridized carbons (Fsp3) is 0.0588. The Morgan fingerprint density at radius 3 is 1.26 bits per heavy atom. The summed E-state index contributed by atoms with van der Waals surface area (Å²) in [7, 11) is 0. The average molecular weight is 683 g/mol. The van der Waals surface area contributed by atoms with Crippen molar-refractivity contribution in [2.24, 2.45) is 0 Å². The van der Waals surface area contributed by atoms with E-state index < -0.39 is 0 Å². The van der Waals surface area contributed by atoms with E-state index >= 15 is 0 Å². The van der Waals surface area contributed by atoms with E-state index in [1.54, 1.807) is 0 Å². The Hall–Kier alpha value is -6.64. The molecule has 0 heterocycles. The molecule has 8 aromatic rings. The van der Waals surface area contributed by atoms with Gasteiger partial charge in [0.25, 0.3) is 0 Å². The van der Waals surface area contributed by atoms with Crippen LogP contribution < -0.4 is 9.80 Å². The van der Waals surface area contributed by atoms with Gasteiger partial charge in [-0.15, -0.1) is 0 Å². The summed E-state index contributed by atoms with van der Waals surface area (Å²) in [5.74, 6) is 0.474. The molecule has 0 amide bonds. The molecule has 256 valence electrons. The molecule has 0 aliphatic carbocycles. The normalized spacial score (nSPS) is 11.5. The van der Waals surface area contributed by atoms with Crippen LogP contribution in [0.4, 0.5) is 34.1 Å². The molecule has 0 atom stereocenters. The van der Waals surface area contributed by atoms with Crippen LogP contribution in [0.5, 0.6) is 0 Å². The monoisotopic (exact) mass is 682 g/mol. The number of anilines is 6. The molecule has 0 radical (unpaired) electrons. The van der Waals surface area contributed by atoms with E-state index in [9.17, 15) is 0 Å². The first kappa shape index (κ1) is 33.5. The van der Waals surface area contributed by atoms with Crippen LogP contribution in [0.1, 0.15) is 42.0 Å². The summed E-state index contributed by atoms with van der Waals surface area (Å²) in [5, 5.41) is 2.40. The Bertz CT molecular complexity index is 2360. The van der Waals surface area contributed by atoms with Crippen LogP contribution in [-0.2, 0) is 0 Å². The molecule has 0 bridgehead atoms. The summed E-state index contributed by atoms with van der Waals surface area (Å²) in [5.41, 5.74) is 12.8. The molecule has 0 saturated carbocycles. The minimum absolute atomic E-state index is 0.474. The Morgan fingerprint density at radius 1 is 0.377 bits per heavy atom. The topological polar surface area (TPSA) is 6.48 Å². The molecule has 2 heteroatoms. The fourth-order valence-electron chi connectivity index (χ4n) is 7.01. The maximum Gasteiger partial charge on any atom is 0.0468 e. The van der Waals surface area contributed by atoms with E-state index in [-0.39, 0.29) is 0 Å². The van der Waals surface area contributed by atoms with Crippen molar-refractivity contribution in [3.63, 3.8) is 0 Å². The predicted molar refractivity (Wildman–Crippen MR) is 227 cm³/mol. The first-order valence-electron chi connectivity index (χ1n) is 18.4. The second kappa shape index (κ2) is 15.3. The highest BCUT2D eigenvalue weighted by Gasteiger charge is 2.15. The highest BCUT2D eigenvalue weighted by atomic mass is 15.1. The fourth-order valence-corrected chi connectivity index (χ4v) is 7.01. The summed E-state index contributed by atoms with van der Waals surface area (Å²) >= 11 is 0. The van der Waals surface area contributed by atoms with Crippen molar-refractivity contribution in [3.05, 3.63) is 229 Å². The summed E-state index contributed by atoms with van der Waals surface area (Å²) in [4.78, 5) is 4.61. The first-order valence-corrected chi connectivity index (χ1v) is 18.4. The zero-order valence-corrected chi connectivity index (χ0v) is 30.2. The molecule has 0 unspecified atom stereocenters. The van der Waals surface area contributed by atoms with Gasteiger partial charge >= 0.3 is 0 Å². The Morgan fingerprint density at radius 2 is 0.774 bits per heavy atom.